The van der Waals surface area contributed by atoms with Crippen LogP contribution in [-0.2, 0) is 13.1 Å². The van der Waals surface area contributed by atoms with Gasteiger partial charge in [-0.2, -0.15) is 0 Å². The predicted octanol–water partition coefficient (Wildman–Crippen LogP) is 4.16. The number of unbranched alkanes of at least 4 members (excludes halogenated alkanes) is 6. The molecule has 0 spiro atoms. The molecule has 8 nitrogen and oxygen atoms in total. The molecule has 0 fully saturated rings. The summed E-state index contributed by atoms with van der Waals surface area (Å²) in [4.78, 5) is 24.0. The Balaban J connectivity index is 2.53. The number of benzene rings is 1. The fourth-order valence-electron chi connectivity index (χ4n) is 3.10. The second kappa shape index (κ2) is 16.1. The molecule has 0 aromatic heterocycles. The van der Waals surface area contributed by atoms with Crippen molar-refractivity contribution in [1.29, 1.82) is 0 Å². The minimum absolute atomic E-state index is 0.0345. The molecule has 0 bridgehead atoms. The third kappa shape index (κ3) is 11.4. The second-order valence-electron chi connectivity index (χ2n) is 7.63. The van der Waals surface area contributed by atoms with E-state index >= 15 is 0 Å². The van der Waals surface area contributed by atoms with Crippen molar-refractivity contribution in [1.82, 2.24) is 21.3 Å². The Morgan fingerprint density at radius 2 is 1.23 bits per heavy atom. The number of hydrogen-bond acceptors (Lipinski definition) is 4. The molecule has 0 aliphatic heterocycles. The highest BCUT2D eigenvalue weighted by Crippen LogP contribution is 2.28. The van der Waals surface area contributed by atoms with Crippen molar-refractivity contribution in [3.8, 4) is 11.5 Å². The van der Waals surface area contributed by atoms with Gasteiger partial charge in [0, 0.05) is 37.3 Å². The number of amides is 4. The normalized spacial score (nSPS) is 10.4. The van der Waals surface area contributed by atoms with Gasteiger partial charge in [0.2, 0.25) is 0 Å². The summed E-state index contributed by atoms with van der Waals surface area (Å²) in [5, 5.41) is 21.7. The first-order valence-corrected chi connectivity index (χ1v) is 11.4. The zero-order chi connectivity index (χ0) is 22.9. The summed E-state index contributed by atoms with van der Waals surface area (Å²) in [6.07, 6.45) is 8.71. The molecule has 0 aliphatic rings. The smallest absolute Gasteiger partial charge is 0.315 e. The summed E-state index contributed by atoms with van der Waals surface area (Å²) in [7, 11) is 1.53. The van der Waals surface area contributed by atoms with Crippen LogP contribution >= 0.6 is 0 Å². The van der Waals surface area contributed by atoms with Gasteiger partial charge in [0.15, 0.2) is 0 Å². The SMILES string of the molecule is CCCCCCNC(=O)NCc1cc(OC)cc(CNC(=O)NCCCCCC)c1O. The lowest BCUT2D eigenvalue weighted by Crippen LogP contribution is -2.36. The molecule has 0 aliphatic carbocycles. The van der Waals surface area contributed by atoms with E-state index in [0.717, 1.165) is 51.4 Å². The Kier molecular flexibility index (Phi) is 13.7. The molecule has 0 saturated heterocycles. The summed E-state index contributed by atoms with van der Waals surface area (Å²) >= 11 is 0. The molecule has 0 radical (unpaired) electrons. The number of phenols is 1. The molecule has 176 valence electrons. The van der Waals surface area contributed by atoms with E-state index in [4.69, 9.17) is 4.74 Å². The summed E-state index contributed by atoms with van der Waals surface area (Å²) in [6.45, 7) is 5.84. The Hall–Kier alpha value is -2.64. The molecule has 0 atom stereocenters. The standard InChI is InChI=1S/C23H40N4O4/c1-4-6-8-10-12-24-22(29)26-16-18-14-20(31-3)15-19(21(18)28)17-27-23(30)25-13-11-9-7-5-2/h14-15,28H,4-13,16-17H2,1-3H3,(H2,24,26,29)(H2,25,27,30). The number of rotatable bonds is 15. The summed E-state index contributed by atoms with van der Waals surface area (Å²) in [6, 6.07) is 2.80. The van der Waals surface area contributed by atoms with E-state index < -0.39 is 0 Å². The molecule has 0 saturated carbocycles. The first-order valence-electron chi connectivity index (χ1n) is 11.4. The molecule has 0 heterocycles. The van der Waals surface area contributed by atoms with Gasteiger partial charge in [0.1, 0.15) is 11.5 Å². The number of nitrogens with one attached hydrogen (secondary N) is 4. The molecular formula is C23H40N4O4. The van der Waals surface area contributed by atoms with Crippen molar-refractivity contribution in [3.05, 3.63) is 23.3 Å². The number of ether oxygens (including phenoxy) is 1. The Morgan fingerprint density at radius 3 is 1.61 bits per heavy atom. The van der Waals surface area contributed by atoms with Crippen molar-refractivity contribution in [3.63, 3.8) is 0 Å². The highest BCUT2D eigenvalue weighted by atomic mass is 16.5. The molecule has 5 N–H and O–H groups in total. The van der Waals surface area contributed by atoms with Crippen LogP contribution in [0.25, 0.3) is 0 Å². The number of carbonyl (C=O) groups is 2. The van der Waals surface area contributed by atoms with Gasteiger partial charge in [-0.05, 0) is 25.0 Å². The average Bonchev–Trinajstić information content (AvgIpc) is 2.77. The van der Waals surface area contributed by atoms with Gasteiger partial charge in [-0.1, -0.05) is 52.4 Å². The number of carbonyl (C=O) groups excluding carboxylic acids is 2. The molecule has 4 amide bonds. The third-order valence-corrected chi connectivity index (χ3v) is 4.99. The van der Waals surface area contributed by atoms with Gasteiger partial charge in [-0.3, -0.25) is 0 Å². The molecule has 0 unspecified atom stereocenters. The minimum Gasteiger partial charge on any atom is -0.507 e. The molecule has 1 aromatic rings. The molecule has 31 heavy (non-hydrogen) atoms. The van der Waals surface area contributed by atoms with Crippen LogP contribution in [-0.4, -0.2) is 37.4 Å². The summed E-state index contributed by atoms with van der Waals surface area (Å²) < 4.78 is 5.30. The van der Waals surface area contributed by atoms with E-state index in [9.17, 15) is 14.7 Å². The van der Waals surface area contributed by atoms with E-state index in [1.54, 1.807) is 12.1 Å². The molecule has 8 heteroatoms. The van der Waals surface area contributed by atoms with Crippen molar-refractivity contribution < 1.29 is 19.4 Å². The Morgan fingerprint density at radius 1 is 0.774 bits per heavy atom. The third-order valence-electron chi connectivity index (χ3n) is 4.99. The Bertz CT molecular complexity index is 616. The lowest BCUT2D eigenvalue weighted by molar-refractivity contribution is 0.239. The highest BCUT2D eigenvalue weighted by molar-refractivity contribution is 5.74. The minimum atomic E-state index is -0.277. The number of methoxy groups -OCH3 is 1. The number of hydrogen-bond donors (Lipinski definition) is 5. The topological polar surface area (TPSA) is 112 Å². The largest absolute Gasteiger partial charge is 0.507 e. The van der Waals surface area contributed by atoms with Crippen molar-refractivity contribution in [2.24, 2.45) is 0 Å². The highest BCUT2D eigenvalue weighted by Gasteiger charge is 2.13. The van der Waals surface area contributed by atoms with E-state index in [1.165, 1.54) is 7.11 Å². The van der Waals surface area contributed by atoms with Gasteiger partial charge in [-0.25, -0.2) is 9.59 Å². The van der Waals surface area contributed by atoms with Gasteiger partial charge in [0.05, 0.1) is 7.11 Å². The van der Waals surface area contributed by atoms with Crippen molar-refractivity contribution >= 4 is 12.1 Å². The second-order valence-corrected chi connectivity index (χ2v) is 7.63. The van der Waals surface area contributed by atoms with Crippen LogP contribution < -0.4 is 26.0 Å². The first kappa shape index (κ1) is 26.4. The molecule has 1 rings (SSSR count). The van der Waals surface area contributed by atoms with E-state index in [1.807, 2.05) is 0 Å². The maximum absolute atomic E-state index is 12.0. The van der Waals surface area contributed by atoms with Crippen molar-refractivity contribution in [2.75, 3.05) is 20.2 Å². The quantitative estimate of drug-likeness (QED) is 0.266. The maximum Gasteiger partial charge on any atom is 0.315 e. The fraction of sp³-hybridized carbons (Fsp3) is 0.652. The molecular weight excluding hydrogens is 396 g/mol. The van der Waals surface area contributed by atoms with Crippen LogP contribution in [0.2, 0.25) is 0 Å². The van der Waals surface area contributed by atoms with E-state index in [-0.39, 0.29) is 30.9 Å². The van der Waals surface area contributed by atoms with Crippen LogP contribution in [0.5, 0.6) is 11.5 Å². The fourth-order valence-corrected chi connectivity index (χ4v) is 3.10. The average molecular weight is 437 g/mol. The number of aromatic hydroxyl groups is 1. The van der Waals surface area contributed by atoms with E-state index in [0.29, 0.717) is 30.0 Å². The van der Waals surface area contributed by atoms with Crippen LogP contribution in [0.4, 0.5) is 9.59 Å². The van der Waals surface area contributed by atoms with Crippen LogP contribution in [0.3, 0.4) is 0 Å². The number of urea groups is 2. The number of phenolic OH excluding ortho intramolecular Hbond substituents is 1. The lowest BCUT2D eigenvalue weighted by Gasteiger charge is -2.15. The summed E-state index contributed by atoms with van der Waals surface area (Å²) in [5.41, 5.74) is 1.05. The predicted molar refractivity (Wildman–Crippen MR) is 123 cm³/mol. The van der Waals surface area contributed by atoms with Crippen molar-refractivity contribution in [2.45, 2.75) is 78.3 Å². The monoisotopic (exact) mass is 436 g/mol. The van der Waals surface area contributed by atoms with Crippen LogP contribution in [0, 0.1) is 0 Å². The first-order chi connectivity index (χ1) is 15.0. The lowest BCUT2D eigenvalue weighted by atomic mass is 10.1. The maximum atomic E-state index is 12.0. The van der Waals surface area contributed by atoms with E-state index in [2.05, 4.69) is 35.1 Å². The van der Waals surface area contributed by atoms with Gasteiger partial charge >= 0.3 is 12.1 Å². The zero-order valence-corrected chi connectivity index (χ0v) is 19.3. The Labute approximate surface area is 186 Å². The zero-order valence-electron chi connectivity index (χ0n) is 19.3. The summed E-state index contributed by atoms with van der Waals surface area (Å²) in [5.74, 6) is 0.582. The van der Waals surface area contributed by atoms with Crippen LogP contribution in [0.15, 0.2) is 12.1 Å². The van der Waals surface area contributed by atoms with Gasteiger partial charge in [0.25, 0.3) is 0 Å². The molecule has 1 aromatic carbocycles. The van der Waals surface area contributed by atoms with Gasteiger partial charge in [-0.15, -0.1) is 0 Å². The van der Waals surface area contributed by atoms with Gasteiger partial charge < -0.3 is 31.1 Å². The van der Waals surface area contributed by atoms with Crippen LogP contribution in [0.1, 0.15) is 76.3 Å².